The second-order valence-corrected chi connectivity index (χ2v) is 5.56. The van der Waals surface area contributed by atoms with Crippen molar-refractivity contribution < 1.29 is 4.74 Å². The van der Waals surface area contributed by atoms with Gasteiger partial charge < -0.3 is 9.64 Å². The van der Waals surface area contributed by atoms with E-state index in [1.165, 1.54) is 5.56 Å². The quantitative estimate of drug-likeness (QED) is 0.867. The van der Waals surface area contributed by atoms with E-state index in [1.807, 2.05) is 13.0 Å². The molecule has 3 rings (SSSR count). The van der Waals surface area contributed by atoms with Crippen LogP contribution in [-0.2, 0) is 0 Å². The van der Waals surface area contributed by atoms with Crippen LogP contribution in [0.5, 0.6) is 5.75 Å². The topological polar surface area (TPSA) is 38.2 Å². The molecule has 1 aliphatic heterocycles. The van der Waals surface area contributed by atoms with Crippen molar-refractivity contribution >= 4 is 5.82 Å². The first kappa shape index (κ1) is 13.9. The molecule has 4 nitrogen and oxygen atoms in total. The van der Waals surface area contributed by atoms with Gasteiger partial charge in [0.2, 0.25) is 0 Å². The van der Waals surface area contributed by atoms with Gasteiger partial charge in [0.15, 0.2) is 0 Å². The normalized spacial score (nSPS) is 16.0. The number of hydrogen-bond acceptors (Lipinski definition) is 4. The standard InChI is InChI=1S/C17H21N3O/c1-13-10-17(19-12-18-13)20-8-6-14(7-9-20)15-4-3-5-16(11-15)21-2/h3-5,10-12,14H,6-9H2,1-2H3. The van der Waals surface area contributed by atoms with Crippen molar-refractivity contribution in [2.24, 2.45) is 0 Å². The van der Waals surface area contributed by atoms with E-state index in [0.717, 1.165) is 43.2 Å². The first-order valence-corrected chi connectivity index (χ1v) is 7.44. The molecular formula is C17H21N3O. The Balaban J connectivity index is 1.67. The molecule has 0 bridgehead atoms. The zero-order valence-electron chi connectivity index (χ0n) is 12.6. The first-order chi connectivity index (χ1) is 10.3. The second-order valence-electron chi connectivity index (χ2n) is 5.56. The molecule has 0 N–H and O–H groups in total. The predicted molar refractivity (Wildman–Crippen MR) is 84.0 cm³/mol. The molecule has 0 spiro atoms. The Kier molecular flexibility index (Phi) is 4.04. The van der Waals surface area contributed by atoms with Gasteiger partial charge in [-0.1, -0.05) is 12.1 Å². The summed E-state index contributed by atoms with van der Waals surface area (Å²) < 4.78 is 5.32. The number of aromatic nitrogens is 2. The van der Waals surface area contributed by atoms with E-state index in [-0.39, 0.29) is 0 Å². The molecule has 0 unspecified atom stereocenters. The van der Waals surface area contributed by atoms with Crippen LogP contribution in [0.4, 0.5) is 5.82 Å². The Hall–Kier alpha value is -2.10. The number of hydrogen-bond donors (Lipinski definition) is 0. The molecule has 21 heavy (non-hydrogen) atoms. The molecule has 2 heterocycles. The molecule has 0 amide bonds. The maximum atomic E-state index is 5.32. The maximum absolute atomic E-state index is 5.32. The van der Waals surface area contributed by atoms with Crippen LogP contribution in [-0.4, -0.2) is 30.2 Å². The number of ether oxygens (including phenoxy) is 1. The maximum Gasteiger partial charge on any atom is 0.132 e. The summed E-state index contributed by atoms with van der Waals surface area (Å²) in [4.78, 5) is 10.9. The minimum atomic E-state index is 0.610. The third-order valence-corrected chi connectivity index (χ3v) is 4.17. The van der Waals surface area contributed by atoms with Crippen molar-refractivity contribution in [1.82, 2.24) is 9.97 Å². The Labute approximate surface area is 125 Å². The largest absolute Gasteiger partial charge is 0.497 e. The molecule has 0 aliphatic carbocycles. The summed E-state index contributed by atoms with van der Waals surface area (Å²) in [6, 6.07) is 10.5. The smallest absolute Gasteiger partial charge is 0.132 e. The van der Waals surface area contributed by atoms with Crippen LogP contribution in [0.1, 0.15) is 30.0 Å². The Morgan fingerprint density at radius 3 is 2.67 bits per heavy atom. The fourth-order valence-corrected chi connectivity index (χ4v) is 2.95. The number of piperidine rings is 1. The summed E-state index contributed by atoms with van der Waals surface area (Å²) in [6.07, 6.45) is 3.95. The lowest BCUT2D eigenvalue weighted by molar-refractivity contribution is 0.412. The highest BCUT2D eigenvalue weighted by Crippen LogP contribution is 2.31. The van der Waals surface area contributed by atoms with Gasteiger partial charge >= 0.3 is 0 Å². The van der Waals surface area contributed by atoms with Gasteiger partial charge in [-0.25, -0.2) is 9.97 Å². The second kappa shape index (κ2) is 6.12. The molecule has 2 aromatic rings. The molecule has 0 radical (unpaired) electrons. The van der Waals surface area contributed by atoms with Crippen molar-refractivity contribution in [2.75, 3.05) is 25.1 Å². The van der Waals surface area contributed by atoms with Crippen LogP contribution in [0.3, 0.4) is 0 Å². The van der Waals surface area contributed by atoms with Gasteiger partial charge in [0, 0.05) is 24.8 Å². The van der Waals surface area contributed by atoms with Crippen LogP contribution in [0.2, 0.25) is 0 Å². The zero-order chi connectivity index (χ0) is 14.7. The van der Waals surface area contributed by atoms with E-state index < -0.39 is 0 Å². The number of nitrogens with zero attached hydrogens (tertiary/aromatic N) is 3. The fourth-order valence-electron chi connectivity index (χ4n) is 2.95. The van der Waals surface area contributed by atoms with Gasteiger partial charge in [0.25, 0.3) is 0 Å². The first-order valence-electron chi connectivity index (χ1n) is 7.44. The van der Waals surface area contributed by atoms with Crippen LogP contribution < -0.4 is 9.64 Å². The molecular weight excluding hydrogens is 262 g/mol. The Morgan fingerprint density at radius 1 is 1.14 bits per heavy atom. The average molecular weight is 283 g/mol. The fraction of sp³-hybridized carbons (Fsp3) is 0.412. The Morgan fingerprint density at radius 2 is 1.95 bits per heavy atom. The summed E-state index contributed by atoms with van der Waals surface area (Å²) in [6.45, 7) is 4.09. The molecule has 1 aliphatic rings. The van der Waals surface area contributed by atoms with E-state index in [0.29, 0.717) is 5.92 Å². The van der Waals surface area contributed by atoms with Gasteiger partial charge in [-0.3, -0.25) is 0 Å². The zero-order valence-corrected chi connectivity index (χ0v) is 12.6. The van der Waals surface area contributed by atoms with E-state index in [2.05, 4.69) is 39.1 Å². The van der Waals surface area contributed by atoms with Gasteiger partial charge in [-0.05, 0) is 43.4 Å². The van der Waals surface area contributed by atoms with Crippen molar-refractivity contribution in [3.8, 4) is 5.75 Å². The summed E-state index contributed by atoms with van der Waals surface area (Å²) in [7, 11) is 1.72. The van der Waals surface area contributed by atoms with Crippen molar-refractivity contribution in [3.63, 3.8) is 0 Å². The third-order valence-electron chi connectivity index (χ3n) is 4.17. The lowest BCUT2D eigenvalue weighted by Gasteiger charge is -2.33. The summed E-state index contributed by atoms with van der Waals surface area (Å²) in [5, 5.41) is 0. The molecule has 0 atom stereocenters. The number of anilines is 1. The highest BCUT2D eigenvalue weighted by molar-refractivity contribution is 5.40. The minimum absolute atomic E-state index is 0.610. The lowest BCUT2D eigenvalue weighted by atomic mass is 9.89. The molecule has 0 saturated carbocycles. The number of methoxy groups -OCH3 is 1. The van der Waals surface area contributed by atoms with Gasteiger partial charge in [0.1, 0.15) is 17.9 Å². The molecule has 110 valence electrons. The van der Waals surface area contributed by atoms with E-state index in [4.69, 9.17) is 4.74 Å². The molecule has 1 aromatic heterocycles. The van der Waals surface area contributed by atoms with Gasteiger partial charge in [0.05, 0.1) is 7.11 Å². The average Bonchev–Trinajstić information content (AvgIpc) is 2.55. The highest BCUT2D eigenvalue weighted by atomic mass is 16.5. The number of benzene rings is 1. The molecule has 1 aromatic carbocycles. The number of aryl methyl sites for hydroxylation is 1. The highest BCUT2D eigenvalue weighted by Gasteiger charge is 2.21. The van der Waals surface area contributed by atoms with E-state index in [1.54, 1.807) is 13.4 Å². The van der Waals surface area contributed by atoms with Crippen LogP contribution >= 0.6 is 0 Å². The Bertz CT molecular complexity index is 606. The monoisotopic (exact) mass is 283 g/mol. The van der Waals surface area contributed by atoms with Gasteiger partial charge in [-0.2, -0.15) is 0 Å². The van der Waals surface area contributed by atoms with Crippen molar-refractivity contribution in [2.45, 2.75) is 25.7 Å². The third kappa shape index (κ3) is 3.15. The summed E-state index contributed by atoms with van der Waals surface area (Å²) in [5.74, 6) is 2.60. The van der Waals surface area contributed by atoms with Crippen LogP contribution in [0.25, 0.3) is 0 Å². The SMILES string of the molecule is COc1cccc(C2CCN(c3cc(C)ncn3)CC2)c1. The van der Waals surface area contributed by atoms with E-state index in [9.17, 15) is 0 Å². The molecule has 4 heteroatoms. The number of rotatable bonds is 3. The van der Waals surface area contributed by atoms with Crippen molar-refractivity contribution in [1.29, 1.82) is 0 Å². The predicted octanol–water partition coefficient (Wildman–Crippen LogP) is 3.18. The summed E-state index contributed by atoms with van der Waals surface area (Å²) in [5.41, 5.74) is 2.41. The van der Waals surface area contributed by atoms with Crippen molar-refractivity contribution in [3.05, 3.63) is 47.9 Å². The lowest BCUT2D eigenvalue weighted by Crippen LogP contribution is -2.33. The van der Waals surface area contributed by atoms with E-state index >= 15 is 0 Å². The van der Waals surface area contributed by atoms with Crippen LogP contribution in [0.15, 0.2) is 36.7 Å². The van der Waals surface area contributed by atoms with Gasteiger partial charge in [-0.15, -0.1) is 0 Å². The molecule has 1 fully saturated rings. The minimum Gasteiger partial charge on any atom is -0.497 e. The molecule has 1 saturated heterocycles. The summed E-state index contributed by atoms with van der Waals surface area (Å²) >= 11 is 0. The van der Waals surface area contributed by atoms with Crippen LogP contribution in [0, 0.1) is 6.92 Å².